The molecule has 0 bridgehead atoms. The van der Waals surface area contributed by atoms with Crippen LogP contribution < -0.4 is 5.32 Å². The predicted octanol–water partition coefficient (Wildman–Crippen LogP) is 3.98. The Balaban J connectivity index is 1.74. The van der Waals surface area contributed by atoms with Gasteiger partial charge in [-0.25, -0.2) is 4.98 Å². The molecule has 2 heterocycles. The predicted molar refractivity (Wildman–Crippen MR) is 84.0 cm³/mol. The minimum atomic E-state index is 0.581. The fourth-order valence-electron chi connectivity index (χ4n) is 3.36. The molecule has 1 aliphatic heterocycles. The van der Waals surface area contributed by atoms with Crippen molar-refractivity contribution in [2.75, 3.05) is 18.4 Å². The SMILES string of the molecule is CCCCN1CCC[C@@H]1c1cccnc1NC1CCC1. The number of nitrogens with zero attached hydrogens (tertiary/aromatic N) is 2. The van der Waals surface area contributed by atoms with E-state index in [-0.39, 0.29) is 0 Å². The summed E-state index contributed by atoms with van der Waals surface area (Å²) in [4.78, 5) is 7.28. The highest BCUT2D eigenvalue weighted by Crippen LogP contribution is 2.36. The highest BCUT2D eigenvalue weighted by atomic mass is 15.2. The number of anilines is 1. The molecular weight excluding hydrogens is 246 g/mol. The molecule has 1 aromatic rings. The van der Waals surface area contributed by atoms with E-state index >= 15 is 0 Å². The molecule has 20 heavy (non-hydrogen) atoms. The lowest BCUT2D eigenvalue weighted by atomic mass is 9.92. The molecule has 2 fully saturated rings. The monoisotopic (exact) mass is 273 g/mol. The molecule has 0 amide bonds. The van der Waals surface area contributed by atoms with E-state index in [1.807, 2.05) is 6.20 Å². The molecule has 1 N–H and O–H groups in total. The summed E-state index contributed by atoms with van der Waals surface area (Å²) in [6.07, 6.45) is 11.1. The van der Waals surface area contributed by atoms with Crippen LogP contribution in [0, 0.1) is 0 Å². The van der Waals surface area contributed by atoms with Crippen LogP contribution in [0.4, 0.5) is 5.82 Å². The smallest absolute Gasteiger partial charge is 0.130 e. The molecule has 3 rings (SSSR count). The molecule has 1 atom stereocenters. The molecule has 3 nitrogen and oxygen atoms in total. The molecular formula is C17H27N3. The van der Waals surface area contributed by atoms with Gasteiger partial charge in [0, 0.05) is 23.8 Å². The van der Waals surface area contributed by atoms with Crippen LogP contribution in [0.5, 0.6) is 0 Å². The topological polar surface area (TPSA) is 28.2 Å². The van der Waals surface area contributed by atoms with Crippen molar-refractivity contribution < 1.29 is 0 Å². The molecule has 2 aliphatic rings. The van der Waals surface area contributed by atoms with Gasteiger partial charge in [-0.2, -0.15) is 0 Å². The van der Waals surface area contributed by atoms with Gasteiger partial charge >= 0.3 is 0 Å². The summed E-state index contributed by atoms with van der Waals surface area (Å²) >= 11 is 0. The molecule has 0 aromatic carbocycles. The molecule has 1 saturated carbocycles. The molecule has 1 aliphatic carbocycles. The fraction of sp³-hybridized carbons (Fsp3) is 0.706. The van der Waals surface area contributed by atoms with E-state index in [4.69, 9.17) is 0 Å². The largest absolute Gasteiger partial charge is 0.367 e. The van der Waals surface area contributed by atoms with Gasteiger partial charge in [0.15, 0.2) is 0 Å². The van der Waals surface area contributed by atoms with Gasteiger partial charge in [-0.15, -0.1) is 0 Å². The van der Waals surface area contributed by atoms with Crippen LogP contribution in [0.15, 0.2) is 18.3 Å². The second-order valence-corrected chi connectivity index (χ2v) is 6.26. The van der Waals surface area contributed by atoms with Gasteiger partial charge in [-0.05, 0) is 57.7 Å². The van der Waals surface area contributed by atoms with Gasteiger partial charge in [-0.3, -0.25) is 4.90 Å². The lowest BCUT2D eigenvalue weighted by molar-refractivity contribution is 0.253. The minimum absolute atomic E-state index is 0.581. The summed E-state index contributed by atoms with van der Waals surface area (Å²) in [5, 5.41) is 3.66. The van der Waals surface area contributed by atoms with Crippen LogP contribution in [0.1, 0.15) is 63.5 Å². The second-order valence-electron chi connectivity index (χ2n) is 6.26. The van der Waals surface area contributed by atoms with Crippen LogP contribution in [-0.4, -0.2) is 29.0 Å². The van der Waals surface area contributed by atoms with Crippen LogP contribution in [0.25, 0.3) is 0 Å². The summed E-state index contributed by atoms with van der Waals surface area (Å²) < 4.78 is 0. The molecule has 3 heteroatoms. The number of likely N-dealkylation sites (tertiary alicyclic amines) is 1. The van der Waals surface area contributed by atoms with Crippen molar-refractivity contribution >= 4 is 5.82 Å². The maximum Gasteiger partial charge on any atom is 0.130 e. The number of unbranched alkanes of at least 4 members (excludes halogenated alkanes) is 1. The highest BCUT2D eigenvalue weighted by Gasteiger charge is 2.28. The molecule has 1 aromatic heterocycles. The van der Waals surface area contributed by atoms with Gasteiger partial charge < -0.3 is 5.32 Å². The third-order valence-electron chi connectivity index (χ3n) is 4.81. The Morgan fingerprint density at radius 1 is 1.30 bits per heavy atom. The number of hydrogen-bond donors (Lipinski definition) is 1. The summed E-state index contributed by atoms with van der Waals surface area (Å²) in [7, 11) is 0. The average Bonchev–Trinajstić information content (AvgIpc) is 2.89. The van der Waals surface area contributed by atoms with Gasteiger partial charge in [0.1, 0.15) is 5.82 Å². The van der Waals surface area contributed by atoms with Crippen molar-refractivity contribution in [1.82, 2.24) is 9.88 Å². The highest BCUT2D eigenvalue weighted by molar-refractivity contribution is 5.47. The van der Waals surface area contributed by atoms with Crippen LogP contribution in [-0.2, 0) is 0 Å². The van der Waals surface area contributed by atoms with E-state index in [1.165, 1.54) is 63.6 Å². The first-order chi connectivity index (χ1) is 9.88. The van der Waals surface area contributed by atoms with Crippen molar-refractivity contribution in [3.05, 3.63) is 23.9 Å². The summed E-state index contributed by atoms with van der Waals surface area (Å²) in [5.74, 6) is 1.14. The fourth-order valence-corrected chi connectivity index (χ4v) is 3.36. The van der Waals surface area contributed by atoms with E-state index in [1.54, 1.807) is 0 Å². The lowest BCUT2D eigenvalue weighted by Crippen LogP contribution is -2.30. The first-order valence-electron chi connectivity index (χ1n) is 8.34. The maximum atomic E-state index is 4.62. The lowest BCUT2D eigenvalue weighted by Gasteiger charge is -2.30. The van der Waals surface area contributed by atoms with E-state index in [2.05, 4.69) is 34.3 Å². The van der Waals surface area contributed by atoms with E-state index in [0.717, 1.165) is 5.82 Å². The number of nitrogens with one attached hydrogen (secondary N) is 1. The van der Waals surface area contributed by atoms with Crippen molar-refractivity contribution in [2.24, 2.45) is 0 Å². The number of hydrogen-bond acceptors (Lipinski definition) is 3. The molecule has 1 saturated heterocycles. The second kappa shape index (κ2) is 6.57. The number of pyridine rings is 1. The van der Waals surface area contributed by atoms with Crippen molar-refractivity contribution in [2.45, 2.75) is 64.0 Å². The van der Waals surface area contributed by atoms with Crippen LogP contribution in [0.3, 0.4) is 0 Å². The van der Waals surface area contributed by atoms with E-state index < -0.39 is 0 Å². The van der Waals surface area contributed by atoms with Crippen molar-refractivity contribution in [3.63, 3.8) is 0 Å². The van der Waals surface area contributed by atoms with Gasteiger partial charge in [0.2, 0.25) is 0 Å². The quantitative estimate of drug-likeness (QED) is 0.849. The average molecular weight is 273 g/mol. The van der Waals surface area contributed by atoms with E-state index in [9.17, 15) is 0 Å². The Morgan fingerprint density at radius 2 is 2.20 bits per heavy atom. The normalized spacial score (nSPS) is 23.8. The zero-order valence-electron chi connectivity index (χ0n) is 12.6. The zero-order valence-corrected chi connectivity index (χ0v) is 12.6. The van der Waals surface area contributed by atoms with Crippen LogP contribution in [0.2, 0.25) is 0 Å². The standard InChI is InChI=1S/C17H27N3/c1-2-3-12-20-13-6-10-16(20)15-9-5-11-18-17(15)19-14-7-4-8-14/h5,9,11,14,16H,2-4,6-8,10,12-13H2,1H3,(H,18,19)/t16-/m1/s1. The van der Waals surface area contributed by atoms with Gasteiger partial charge in [0.25, 0.3) is 0 Å². The van der Waals surface area contributed by atoms with Crippen molar-refractivity contribution in [1.29, 1.82) is 0 Å². The number of aromatic nitrogens is 1. The van der Waals surface area contributed by atoms with Crippen molar-refractivity contribution in [3.8, 4) is 0 Å². The molecule has 0 radical (unpaired) electrons. The zero-order chi connectivity index (χ0) is 13.8. The Hall–Kier alpha value is -1.09. The Kier molecular flexibility index (Phi) is 4.56. The Morgan fingerprint density at radius 3 is 2.95 bits per heavy atom. The Bertz CT molecular complexity index is 428. The summed E-state index contributed by atoms with van der Waals surface area (Å²) in [6.45, 7) is 4.76. The van der Waals surface area contributed by atoms with Crippen LogP contribution >= 0.6 is 0 Å². The Labute approximate surface area is 122 Å². The van der Waals surface area contributed by atoms with E-state index in [0.29, 0.717) is 12.1 Å². The first-order valence-corrected chi connectivity index (χ1v) is 8.34. The summed E-state index contributed by atoms with van der Waals surface area (Å²) in [5.41, 5.74) is 1.42. The first kappa shape index (κ1) is 13.9. The maximum absolute atomic E-state index is 4.62. The third-order valence-corrected chi connectivity index (χ3v) is 4.81. The summed E-state index contributed by atoms with van der Waals surface area (Å²) in [6, 6.07) is 5.62. The molecule has 0 unspecified atom stereocenters. The van der Waals surface area contributed by atoms with Gasteiger partial charge in [-0.1, -0.05) is 19.4 Å². The minimum Gasteiger partial charge on any atom is -0.367 e. The van der Waals surface area contributed by atoms with Gasteiger partial charge in [0.05, 0.1) is 0 Å². The molecule has 110 valence electrons. The number of rotatable bonds is 6. The third kappa shape index (κ3) is 2.98. The molecule has 0 spiro atoms.